The zero-order valence-corrected chi connectivity index (χ0v) is 22.0. The molecule has 0 aromatic heterocycles. The number of rotatable bonds is 13. The van der Waals surface area contributed by atoms with E-state index in [4.69, 9.17) is 4.74 Å². The second kappa shape index (κ2) is 14.2. The van der Waals surface area contributed by atoms with Gasteiger partial charge in [-0.25, -0.2) is 4.39 Å². The minimum atomic E-state index is -0.697. The van der Waals surface area contributed by atoms with Gasteiger partial charge in [-0.15, -0.1) is 0 Å². The molecule has 0 heterocycles. The van der Waals surface area contributed by atoms with Crippen molar-refractivity contribution >= 4 is 11.8 Å². The van der Waals surface area contributed by atoms with E-state index >= 15 is 0 Å². The molecular formula is C31H37FN2O3. The highest BCUT2D eigenvalue weighted by atomic mass is 19.1. The summed E-state index contributed by atoms with van der Waals surface area (Å²) in [4.78, 5) is 28.6. The van der Waals surface area contributed by atoms with E-state index in [1.807, 2.05) is 75.4 Å². The number of hydrogen-bond acceptors (Lipinski definition) is 3. The number of halogens is 1. The van der Waals surface area contributed by atoms with Crippen LogP contribution in [0.25, 0.3) is 0 Å². The highest BCUT2D eigenvalue weighted by Crippen LogP contribution is 2.18. The number of carbonyl (C=O) groups excluding carboxylic acids is 2. The van der Waals surface area contributed by atoms with Gasteiger partial charge in [0.25, 0.3) is 0 Å². The van der Waals surface area contributed by atoms with Gasteiger partial charge in [0.2, 0.25) is 11.8 Å². The highest BCUT2D eigenvalue weighted by molar-refractivity contribution is 5.88. The fraction of sp³-hybridized carbons (Fsp3) is 0.355. The van der Waals surface area contributed by atoms with Crippen molar-refractivity contribution in [2.24, 2.45) is 5.92 Å². The molecule has 5 nitrogen and oxygen atoms in total. The smallest absolute Gasteiger partial charge is 0.243 e. The number of nitrogens with zero attached hydrogens (tertiary/aromatic N) is 1. The van der Waals surface area contributed by atoms with E-state index in [2.05, 4.69) is 5.32 Å². The molecule has 37 heavy (non-hydrogen) atoms. The Morgan fingerprint density at radius 1 is 0.919 bits per heavy atom. The maximum Gasteiger partial charge on any atom is 0.243 e. The van der Waals surface area contributed by atoms with Gasteiger partial charge in [-0.05, 0) is 54.7 Å². The number of nitrogens with one attached hydrogen (secondary N) is 1. The summed E-state index contributed by atoms with van der Waals surface area (Å²) in [5.41, 5.74) is 2.88. The predicted octanol–water partition coefficient (Wildman–Crippen LogP) is 5.71. The predicted molar refractivity (Wildman–Crippen MR) is 145 cm³/mol. The molecule has 2 amide bonds. The average molecular weight is 505 g/mol. The van der Waals surface area contributed by atoms with Crippen LogP contribution >= 0.6 is 0 Å². The Kier molecular flexibility index (Phi) is 10.7. The van der Waals surface area contributed by atoms with Crippen LogP contribution in [0, 0.1) is 18.7 Å². The van der Waals surface area contributed by atoms with Crippen LogP contribution in [-0.2, 0) is 22.6 Å². The molecule has 0 aliphatic rings. The summed E-state index contributed by atoms with van der Waals surface area (Å²) in [6.07, 6.45) is 1.13. The lowest BCUT2D eigenvalue weighted by atomic mass is 10.0. The van der Waals surface area contributed by atoms with Gasteiger partial charge < -0.3 is 15.0 Å². The van der Waals surface area contributed by atoms with Gasteiger partial charge in [-0.3, -0.25) is 9.59 Å². The van der Waals surface area contributed by atoms with Crippen molar-refractivity contribution < 1.29 is 18.7 Å². The molecule has 3 aromatic carbocycles. The number of aryl methyl sites for hydroxylation is 1. The van der Waals surface area contributed by atoms with Crippen molar-refractivity contribution in [3.8, 4) is 5.75 Å². The minimum Gasteiger partial charge on any atom is -0.494 e. The number of hydrogen-bond donors (Lipinski definition) is 1. The van der Waals surface area contributed by atoms with Gasteiger partial charge in [0, 0.05) is 25.9 Å². The first-order chi connectivity index (χ1) is 17.8. The second-order valence-corrected chi connectivity index (χ2v) is 9.76. The van der Waals surface area contributed by atoms with Crippen molar-refractivity contribution in [1.82, 2.24) is 10.2 Å². The van der Waals surface area contributed by atoms with Crippen LogP contribution in [0.4, 0.5) is 4.39 Å². The molecular weight excluding hydrogens is 467 g/mol. The third-order valence-electron chi connectivity index (χ3n) is 6.05. The van der Waals surface area contributed by atoms with Crippen LogP contribution < -0.4 is 10.1 Å². The first kappa shape index (κ1) is 27.9. The van der Waals surface area contributed by atoms with Gasteiger partial charge in [0.05, 0.1) is 6.61 Å². The molecule has 3 aromatic rings. The fourth-order valence-corrected chi connectivity index (χ4v) is 3.95. The van der Waals surface area contributed by atoms with E-state index in [-0.39, 0.29) is 36.5 Å². The number of amides is 2. The van der Waals surface area contributed by atoms with Gasteiger partial charge in [0.15, 0.2) is 0 Å². The summed E-state index contributed by atoms with van der Waals surface area (Å²) in [6, 6.07) is 22.8. The lowest BCUT2D eigenvalue weighted by Gasteiger charge is -2.32. The fourth-order valence-electron chi connectivity index (χ4n) is 3.95. The van der Waals surface area contributed by atoms with E-state index in [1.54, 1.807) is 17.0 Å². The monoisotopic (exact) mass is 504 g/mol. The molecule has 1 unspecified atom stereocenters. The van der Waals surface area contributed by atoms with Crippen LogP contribution in [0.5, 0.6) is 5.75 Å². The standard InChI is InChI=1S/C31H37FN2O3/c1-23(2)21-33-31(36)29(20-25-8-5-4-6-9-25)34(22-26-13-15-27(32)16-14-26)30(35)10-7-19-37-28-17-11-24(3)12-18-28/h4-6,8-9,11-18,23,29H,7,10,19-22H2,1-3H3,(H,33,36). The van der Waals surface area contributed by atoms with Gasteiger partial charge in [0.1, 0.15) is 17.6 Å². The summed E-state index contributed by atoms with van der Waals surface area (Å²) in [5, 5.41) is 3.01. The van der Waals surface area contributed by atoms with Crippen molar-refractivity contribution in [2.75, 3.05) is 13.2 Å². The van der Waals surface area contributed by atoms with Crippen LogP contribution in [0.1, 0.15) is 43.4 Å². The zero-order valence-electron chi connectivity index (χ0n) is 22.0. The molecule has 0 fully saturated rings. The highest BCUT2D eigenvalue weighted by Gasteiger charge is 2.30. The summed E-state index contributed by atoms with van der Waals surface area (Å²) >= 11 is 0. The van der Waals surface area contributed by atoms with Crippen LogP contribution in [0.3, 0.4) is 0 Å². The molecule has 196 valence electrons. The Labute approximate surface area is 219 Å². The Morgan fingerprint density at radius 3 is 2.24 bits per heavy atom. The Bertz CT molecular complexity index is 1120. The molecule has 0 aliphatic carbocycles. The van der Waals surface area contributed by atoms with Crippen molar-refractivity contribution in [2.45, 2.75) is 52.6 Å². The van der Waals surface area contributed by atoms with Crippen LogP contribution in [0.15, 0.2) is 78.9 Å². The minimum absolute atomic E-state index is 0.141. The quantitative estimate of drug-likeness (QED) is 0.304. The topological polar surface area (TPSA) is 58.6 Å². The maximum atomic E-state index is 13.6. The second-order valence-electron chi connectivity index (χ2n) is 9.76. The van der Waals surface area contributed by atoms with Crippen LogP contribution in [-0.4, -0.2) is 35.9 Å². The Morgan fingerprint density at radius 2 is 1.59 bits per heavy atom. The van der Waals surface area contributed by atoms with Gasteiger partial charge >= 0.3 is 0 Å². The number of carbonyl (C=O) groups is 2. The molecule has 1 atom stereocenters. The number of benzene rings is 3. The van der Waals surface area contributed by atoms with Crippen molar-refractivity contribution in [3.63, 3.8) is 0 Å². The molecule has 1 N–H and O–H groups in total. The summed E-state index contributed by atoms with van der Waals surface area (Å²) in [5.74, 6) is 0.365. The lowest BCUT2D eigenvalue weighted by molar-refractivity contribution is -0.141. The molecule has 6 heteroatoms. The first-order valence-corrected chi connectivity index (χ1v) is 12.9. The van der Waals surface area contributed by atoms with E-state index in [0.717, 1.165) is 22.4 Å². The van der Waals surface area contributed by atoms with E-state index < -0.39 is 6.04 Å². The molecule has 0 bridgehead atoms. The third kappa shape index (κ3) is 9.37. The Hall–Kier alpha value is -3.67. The van der Waals surface area contributed by atoms with Crippen molar-refractivity contribution in [1.29, 1.82) is 0 Å². The maximum absolute atomic E-state index is 13.6. The summed E-state index contributed by atoms with van der Waals surface area (Å²) in [7, 11) is 0. The Balaban J connectivity index is 1.77. The van der Waals surface area contributed by atoms with Gasteiger partial charge in [-0.2, -0.15) is 0 Å². The molecule has 0 spiro atoms. The zero-order chi connectivity index (χ0) is 26.6. The summed E-state index contributed by atoms with van der Waals surface area (Å²) in [6.45, 7) is 7.20. The first-order valence-electron chi connectivity index (χ1n) is 12.9. The third-order valence-corrected chi connectivity index (χ3v) is 6.05. The van der Waals surface area contributed by atoms with E-state index in [9.17, 15) is 14.0 Å². The number of ether oxygens (including phenoxy) is 1. The normalized spacial score (nSPS) is 11.7. The largest absolute Gasteiger partial charge is 0.494 e. The van der Waals surface area contributed by atoms with Crippen LogP contribution in [0.2, 0.25) is 0 Å². The molecule has 0 saturated heterocycles. The molecule has 0 radical (unpaired) electrons. The molecule has 0 saturated carbocycles. The van der Waals surface area contributed by atoms with Crippen molar-refractivity contribution in [3.05, 3.63) is 101 Å². The molecule has 3 rings (SSSR count). The average Bonchev–Trinajstić information content (AvgIpc) is 2.89. The lowest BCUT2D eigenvalue weighted by Crippen LogP contribution is -2.51. The van der Waals surface area contributed by atoms with E-state index in [1.165, 1.54) is 12.1 Å². The SMILES string of the molecule is Cc1ccc(OCCCC(=O)N(Cc2ccc(F)cc2)C(Cc2ccccc2)C(=O)NCC(C)C)cc1. The molecule has 0 aliphatic heterocycles. The van der Waals surface area contributed by atoms with E-state index in [0.29, 0.717) is 26.0 Å². The van der Waals surface area contributed by atoms with Gasteiger partial charge in [-0.1, -0.05) is 74.0 Å². The summed E-state index contributed by atoms with van der Waals surface area (Å²) < 4.78 is 19.3.